The van der Waals surface area contributed by atoms with Crippen molar-refractivity contribution < 1.29 is 4.74 Å². The molecule has 1 heterocycles. The van der Waals surface area contributed by atoms with Crippen LogP contribution in [0.5, 0.6) is 0 Å². The van der Waals surface area contributed by atoms with Gasteiger partial charge in [-0.3, -0.25) is 0 Å². The molecule has 1 aromatic rings. The zero-order chi connectivity index (χ0) is 13.4. The number of nitrogens with one attached hydrogen (secondary N) is 2. The summed E-state index contributed by atoms with van der Waals surface area (Å²) < 4.78 is 5.50. The van der Waals surface area contributed by atoms with Crippen LogP contribution in [0, 0.1) is 12.8 Å². The SMILES string of the molecule is Cc1c(NN)ncnc1NCCCOCC(C)C. The number of nitrogens with two attached hydrogens (primary N) is 1. The van der Waals surface area contributed by atoms with Gasteiger partial charge < -0.3 is 15.5 Å². The third kappa shape index (κ3) is 4.85. The van der Waals surface area contributed by atoms with Crippen molar-refractivity contribution in [2.75, 3.05) is 30.5 Å². The highest BCUT2D eigenvalue weighted by Crippen LogP contribution is 2.16. The van der Waals surface area contributed by atoms with Gasteiger partial charge in [0.1, 0.15) is 18.0 Å². The molecule has 0 saturated heterocycles. The van der Waals surface area contributed by atoms with E-state index in [-0.39, 0.29) is 0 Å². The molecule has 0 atom stereocenters. The molecule has 6 nitrogen and oxygen atoms in total. The van der Waals surface area contributed by atoms with E-state index in [0.717, 1.165) is 37.6 Å². The van der Waals surface area contributed by atoms with Crippen LogP contribution in [0.15, 0.2) is 6.33 Å². The molecule has 0 amide bonds. The number of aromatic nitrogens is 2. The fraction of sp³-hybridized carbons (Fsp3) is 0.667. The second-order valence-electron chi connectivity index (χ2n) is 4.59. The monoisotopic (exact) mass is 253 g/mol. The molecule has 0 aliphatic heterocycles. The molecule has 0 aliphatic carbocycles. The van der Waals surface area contributed by atoms with E-state index < -0.39 is 0 Å². The van der Waals surface area contributed by atoms with Crippen molar-refractivity contribution in [3.63, 3.8) is 0 Å². The molecule has 0 aromatic carbocycles. The van der Waals surface area contributed by atoms with E-state index in [1.165, 1.54) is 6.33 Å². The lowest BCUT2D eigenvalue weighted by Gasteiger charge is -2.11. The summed E-state index contributed by atoms with van der Waals surface area (Å²) in [5.41, 5.74) is 3.46. The number of hydrogen-bond donors (Lipinski definition) is 3. The van der Waals surface area contributed by atoms with Crippen molar-refractivity contribution in [1.29, 1.82) is 0 Å². The first kappa shape index (κ1) is 14.7. The standard InChI is InChI=1S/C12H23N5O/c1-9(2)7-18-6-4-5-14-11-10(3)12(17-13)16-8-15-11/h8-9H,4-7,13H2,1-3H3,(H2,14,15,16,17). The van der Waals surface area contributed by atoms with Crippen LogP contribution in [-0.2, 0) is 4.74 Å². The van der Waals surface area contributed by atoms with Crippen LogP contribution < -0.4 is 16.6 Å². The Morgan fingerprint density at radius 3 is 2.72 bits per heavy atom. The van der Waals surface area contributed by atoms with Gasteiger partial charge in [-0.1, -0.05) is 13.8 Å². The van der Waals surface area contributed by atoms with Gasteiger partial charge in [-0.05, 0) is 19.3 Å². The van der Waals surface area contributed by atoms with Gasteiger partial charge in [0.25, 0.3) is 0 Å². The number of hydrogen-bond acceptors (Lipinski definition) is 6. The van der Waals surface area contributed by atoms with Gasteiger partial charge in [0.15, 0.2) is 0 Å². The Balaban J connectivity index is 2.27. The zero-order valence-corrected chi connectivity index (χ0v) is 11.4. The first-order chi connectivity index (χ1) is 8.65. The first-order valence-electron chi connectivity index (χ1n) is 6.25. The van der Waals surface area contributed by atoms with Crippen molar-refractivity contribution in [2.24, 2.45) is 11.8 Å². The van der Waals surface area contributed by atoms with E-state index in [0.29, 0.717) is 11.7 Å². The van der Waals surface area contributed by atoms with Crippen molar-refractivity contribution in [1.82, 2.24) is 9.97 Å². The Morgan fingerprint density at radius 1 is 1.33 bits per heavy atom. The Labute approximate surface area is 108 Å². The summed E-state index contributed by atoms with van der Waals surface area (Å²) in [5.74, 6) is 7.39. The lowest BCUT2D eigenvalue weighted by Crippen LogP contribution is -2.14. The molecule has 0 unspecified atom stereocenters. The molecule has 18 heavy (non-hydrogen) atoms. The predicted octanol–water partition coefficient (Wildman–Crippen LogP) is 1.55. The maximum absolute atomic E-state index is 5.50. The summed E-state index contributed by atoms with van der Waals surface area (Å²) in [6, 6.07) is 0. The van der Waals surface area contributed by atoms with Crippen LogP contribution in [0.4, 0.5) is 11.6 Å². The van der Waals surface area contributed by atoms with Crippen molar-refractivity contribution in [3.05, 3.63) is 11.9 Å². The third-order valence-electron chi connectivity index (χ3n) is 2.43. The maximum Gasteiger partial charge on any atom is 0.148 e. The predicted molar refractivity (Wildman–Crippen MR) is 73.3 cm³/mol. The van der Waals surface area contributed by atoms with Crippen molar-refractivity contribution >= 4 is 11.6 Å². The summed E-state index contributed by atoms with van der Waals surface area (Å²) >= 11 is 0. The van der Waals surface area contributed by atoms with Gasteiger partial charge in [0.2, 0.25) is 0 Å². The summed E-state index contributed by atoms with van der Waals surface area (Å²) in [6.07, 6.45) is 2.43. The Morgan fingerprint density at radius 2 is 2.06 bits per heavy atom. The van der Waals surface area contributed by atoms with E-state index in [9.17, 15) is 0 Å². The topological polar surface area (TPSA) is 85.1 Å². The van der Waals surface area contributed by atoms with Crippen LogP contribution in [0.3, 0.4) is 0 Å². The van der Waals surface area contributed by atoms with Crippen LogP contribution >= 0.6 is 0 Å². The summed E-state index contributed by atoms with van der Waals surface area (Å²) in [6.45, 7) is 8.60. The smallest absolute Gasteiger partial charge is 0.148 e. The second kappa shape index (κ2) is 7.84. The van der Waals surface area contributed by atoms with Gasteiger partial charge in [-0.2, -0.15) is 0 Å². The highest BCUT2D eigenvalue weighted by atomic mass is 16.5. The second-order valence-corrected chi connectivity index (χ2v) is 4.59. The van der Waals surface area contributed by atoms with Crippen LogP contribution in [0.25, 0.3) is 0 Å². The molecule has 0 bridgehead atoms. The minimum absolute atomic E-state index is 0.584. The number of ether oxygens (including phenoxy) is 1. The highest BCUT2D eigenvalue weighted by molar-refractivity contribution is 5.55. The summed E-state index contributed by atoms with van der Waals surface area (Å²) in [4.78, 5) is 8.20. The van der Waals surface area contributed by atoms with Crippen LogP contribution in [0.2, 0.25) is 0 Å². The fourth-order valence-electron chi connectivity index (χ4n) is 1.47. The van der Waals surface area contributed by atoms with Gasteiger partial charge in [-0.15, -0.1) is 0 Å². The molecule has 0 radical (unpaired) electrons. The quantitative estimate of drug-likeness (QED) is 0.370. The maximum atomic E-state index is 5.50. The average molecular weight is 253 g/mol. The molecule has 6 heteroatoms. The molecule has 1 rings (SSSR count). The van der Waals surface area contributed by atoms with E-state index in [1.54, 1.807) is 0 Å². The molecule has 4 N–H and O–H groups in total. The number of anilines is 2. The van der Waals surface area contributed by atoms with Crippen LogP contribution in [-0.4, -0.2) is 29.7 Å². The van der Waals surface area contributed by atoms with E-state index in [2.05, 4.69) is 34.6 Å². The van der Waals surface area contributed by atoms with E-state index in [4.69, 9.17) is 10.6 Å². The molecule has 0 saturated carbocycles. The summed E-state index contributed by atoms with van der Waals surface area (Å²) in [7, 11) is 0. The molecule has 102 valence electrons. The van der Waals surface area contributed by atoms with Crippen molar-refractivity contribution in [3.8, 4) is 0 Å². The number of nitrogens with zero attached hydrogens (tertiary/aromatic N) is 2. The molecular weight excluding hydrogens is 230 g/mol. The van der Waals surface area contributed by atoms with Gasteiger partial charge in [0, 0.05) is 25.3 Å². The largest absolute Gasteiger partial charge is 0.381 e. The lowest BCUT2D eigenvalue weighted by atomic mass is 10.2. The molecule has 0 fully saturated rings. The van der Waals surface area contributed by atoms with Gasteiger partial charge in [0.05, 0.1) is 0 Å². The number of hydrazine groups is 1. The normalized spacial score (nSPS) is 10.7. The number of nitrogen functional groups attached to an aromatic ring is 1. The first-order valence-corrected chi connectivity index (χ1v) is 6.25. The Kier molecular flexibility index (Phi) is 6.38. The van der Waals surface area contributed by atoms with E-state index >= 15 is 0 Å². The Hall–Kier alpha value is -1.40. The molecule has 1 aromatic heterocycles. The minimum atomic E-state index is 0.584. The van der Waals surface area contributed by atoms with Crippen LogP contribution in [0.1, 0.15) is 25.8 Å². The molecule has 0 spiro atoms. The van der Waals surface area contributed by atoms with E-state index in [1.807, 2.05) is 6.92 Å². The number of rotatable bonds is 8. The zero-order valence-electron chi connectivity index (χ0n) is 11.4. The van der Waals surface area contributed by atoms with Gasteiger partial charge >= 0.3 is 0 Å². The lowest BCUT2D eigenvalue weighted by molar-refractivity contribution is 0.110. The average Bonchev–Trinajstić information content (AvgIpc) is 2.35. The van der Waals surface area contributed by atoms with Crippen molar-refractivity contribution in [2.45, 2.75) is 27.2 Å². The highest BCUT2D eigenvalue weighted by Gasteiger charge is 2.04. The molecular formula is C12H23N5O. The molecule has 0 aliphatic rings. The Bertz CT molecular complexity index is 356. The summed E-state index contributed by atoms with van der Waals surface area (Å²) in [5, 5.41) is 3.25. The fourth-order valence-corrected chi connectivity index (χ4v) is 1.47. The van der Waals surface area contributed by atoms with Gasteiger partial charge in [-0.25, -0.2) is 15.8 Å². The minimum Gasteiger partial charge on any atom is -0.381 e. The third-order valence-corrected chi connectivity index (χ3v) is 2.43.